The number of carbonyl (C=O) groups is 1. The fourth-order valence-electron chi connectivity index (χ4n) is 2.82. The second-order valence-electron chi connectivity index (χ2n) is 4.90. The van der Waals surface area contributed by atoms with E-state index in [4.69, 9.17) is 10.00 Å². The highest BCUT2D eigenvalue weighted by molar-refractivity contribution is 8.00. The normalized spacial score (nSPS) is 27.7. The van der Waals surface area contributed by atoms with Gasteiger partial charge in [0.05, 0.1) is 36.3 Å². The van der Waals surface area contributed by atoms with Crippen molar-refractivity contribution in [2.75, 3.05) is 44.3 Å². The third-order valence-electron chi connectivity index (χ3n) is 3.83. The van der Waals surface area contributed by atoms with Gasteiger partial charge in [-0.15, -0.1) is 11.8 Å². The zero-order valence-corrected chi connectivity index (χ0v) is 12.2. The molecule has 0 unspecified atom stereocenters. The Balaban J connectivity index is 1.91. The van der Waals surface area contributed by atoms with E-state index in [1.54, 1.807) is 0 Å². The summed E-state index contributed by atoms with van der Waals surface area (Å²) in [4.78, 5) is 16.6. The van der Waals surface area contributed by atoms with Gasteiger partial charge in [-0.25, -0.2) is 0 Å². The number of hydrogen-bond acceptors (Lipinski definition) is 5. The van der Waals surface area contributed by atoms with Crippen molar-refractivity contribution in [2.45, 2.75) is 25.5 Å². The van der Waals surface area contributed by atoms with Gasteiger partial charge in [0.15, 0.2) is 0 Å². The Bertz CT molecular complexity index is 358. The molecule has 0 radical (unpaired) electrons. The van der Waals surface area contributed by atoms with Gasteiger partial charge in [-0.3, -0.25) is 4.79 Å². The summed E-state index contributed by atoms with van der Waals surface area (Å²) in [5.74, 6) is 0.950. The summed E-state index contributed by atoms with van der Waals surface area (Å²) in [7, 11) is 0. The fraction of sp³-hybridized carbons (Fsp3) is 0.846. The number of thioether (sulfide) groups is 1. The number of fused-ring (bicyclic) bond motifs is 1. The van der Waals surface area contributed by atoms with Crippen molar-refractivity contribution in [2.24, 2.45) is 0 Å². The van der Waals surface area contributed by atoms with Crippen LogP contribution < -0.4 is 0 Å². The molecule has 0 aromatic heterocycles. The van der Waals surface area contributed by atoms with E-state index in [0.717, 1.165) is 26.1 Å². The molecule has 0 saturated carbocycles. The highest BCUT2D eigenvalue weighted by Crippen LogP contribution is 2.23. The van der Waals surface area contributed by atoms with Crippen LogP contribution in [0.3, 0.4) is 0 Å². The third-order valence-corrected chi connectivity index (χ3v) is 4.62. The largest absolute Gasteiger partial charge is 0.373 e. The van der Waals surface area contributed by atoms with Crippen molar-refractivity contribution < 1.29 is 9.53 Å². The van der Waals surface area contributed by atoms with Gasteiger partial charge in [0, 0.05) is 19.6 Å². The van der Waals surface area contributed by atoms with E-state index < -0.39 is 0 Å². The summed E-state index contributed by atoms with van der Waals surface area (Å²) < 4.78 is 5.83. The molecular weight excluding hydrogens is 262 g/mol. The lowest BCUT2D eigenvalue weighted by atomic mass is 9.98. The van der Waals surface area contributed by atoms with Crippen LogP contribution in [0, 0.1) is 11.3 Å². The average Bonchev–Trinajstić information content (AvgIpc) is 2.46. The number of rotatable bonds is 4. The second kappa shape index (κ2) is 7.13. The number of hydrogen-bond donors (Lipinski definition) is 0. The zero-order chi connectivity index (χ0) is 13.7. The number of piperidine rings is 1. The first-order valence-electron chi connectivity index (χ1n) is 6.84. The minimum absolute atomic E-state index is 0.156. The highest BCUT2D eigenvalue weighted by atomic mass is 32.2. The molecule has 19 heavy (non-hydrogen) atoms. The zero-order valence-electron chi connectivity index (χ0n) is 11.4. The molecule has 0 aromatic carbocycles. The Kier molecular flexibility index (Phi) is 5.49. The summed E-state index contributed by atoms with van der Waals surface area (Å²) in [5.41, 5.74) is 0. The molecule has 2 rings (SSSR count). The van der Waals surface area contributed by atoms with Crippen molar-refractivity contribution in [1.82, 2.24) is 9.80 Å². The van der Waals surface area contributed by atoms with Crippen LogP contribution in [0.1, 0.15) is 13.3 Å². The molecule has 6 heteroatoms. The van der Waals surface area contributed by atoms with Crippen LogP contribution in [-0.4, -0.2) is 72.1 Å². The van der Waals surface area contributed by atoms with Gasteiger partial charge in [-0.1, -0.05) is 6.92 Å². The fourth-order valence-corrected chi connectivity index (χ4v) is 3.35. The van der Waals surface area contributed by atoms with Crippen LogP contribution in [-0.2, 0) is 9.53 Å². The second-order valence-corrected chi connectivity index (χ2v) is 5.88. The molecule has 2 saturated heterocycles. The van der Waals surface area contributed by atoms with Crippen LogP contribution in [0.2, 0.25) is 0 Å². The Morgan fingerprint density at radius 2 is 2.37 bits per heavy atom. The summed E-state index contributed by atoms with van der Waals surface area (Å²) in [6, 6.07) is 2.29. The molecule has 2 fully saturated rings. The van der Waals surface area contributed by atoms with E-state index >= 15 is 0 Å². The van der Waals surface area contributed by atoms with E-state index in [2.05, 4.69) is 17.9 Å². The molecule has 1 amide bonds. The Labute approximate surface area is 118 Å². The predicted molar refractivity (Wildman–Crippen MR) is 74.9 cm³/mol. The summed E-state index contributed by atoms with van der Waals surface area (Å²) >= 11 is 1.40. The van der Waals surface area contributed by atoms with Crippen molar-refractivity contribution >= 4 is 17.7 Å². The molecule has 5 nitrogen and oxygen atoms in total. The Morgan fingerprint density at radius 3 is 3.11 bits per heavy atom. The van der Waals surface area contributed by atoms with Crippen LogP contribution in [0.4, 0.5) is 0 Å². The lowest BCUT2D eigenvalue weighted by Crippen LogP contribution is -2.60. The maximum Gasteiger partial charge on any atom is 0.233 e. The van der Waals surface area contributed by atoms with Crippen LogP contribution >= 0.6 is 11.8 Å². The molecule has 0 spiro atoms. The molecule has 0 N–H and O–H groups in total. The van der Waals surface area contributed by atoms with E-state index in [1.165, 1.54) is 11.8 Å². The highest BCUT2D eigenvalue weighted by Gasteiger charge is 2.38. The quantitative estimate of drug-likeness (QED) is 0.706. The summed E-state index contributed by atoms with van der Waals surface area (Å²) in [5, 5.41) is 8.51. The molecular formula is C13H21N3O2S. The van der Waals surface area contributed by atoms with Gasteiger partial charge in [0.25, 0.3) is 0 Å². The maximum absolute atomic E-state index is 12.2. The van der Waals surface area contributed by atoms with Gasteiger partial charge in [-0.2, -0.15) is 5.26 Å². The van der Waals surface area contributed by atoms with E-state index in [1.807, 2.05) is 4.90 Å². The van der Waals surface area contributed by atoms with Crippen molar-refractivity contribution in [3.8, 4) is 6.07 Å². The number of amides is 1. The van der Waals surface area contributed by atoms with Crippen molar-refractivity contribution in [3.05, 3.63) is 0 Å². The number of morpholine rings is 1. The topological polar surface area (TPSA) is 56.6 Å². The first-order chi connectivity index (χ1) is 9.26. The van der Waals surface area contributed by atoms with Crippen LogP contribution in [0.5, 0.6) is 0 Å². The Hall–Kier alpha value is -0.770. The third kappa shape index (κ3) is 3.62. The number of nitrogens with zero attached hydrogens (tertiary/aromatic N) is 3. The number of likely N-dealkylation sites (N-methyl/N-ethyl adjacent to an activating group) is 1. The molecule has 0 bridgehead atoms. The molecule has 106 valence electrons. The van der Waals surface area contributed by atoms with Crippen LogP contribution in [0.25, 0.3) is 0 Å². The molecule has 2 atom stereocenters. The summed E-state index contributed by atoms with van der Waals surface area (Å²) in [6.07, 6.45) is 1.15. The van der Waals surface area contributed by atoms with Gasteiger partial charge in [-0.05, 0) is 13.0 Å². The lowest BCUT2D eigenvalue weighted by molar-refractivity contribution is -0.149. The SMILES string of the molecule is CCN1CC[C@H]2[C@@H](C1)OCCN2C(=O)CSCC#N. The maximum atomic E-state index is 12.2. The van der Waals surface area contributed by atoms with E-state index in [9.17, 15) is 4.79 Å². The van der Waals surface area contributed by atoms with E-state index in [-0.39, 0.29) is 18.1 Å². The predicted octanol–water partition coefficient (Wildman–Crippen LogP) is 0.565. The monoisotopic (exact) mass is 283 g/mol. The average molecular weight is 283 g/mol. The van der Waals surface area contributed by atoms with Crippen LogP contribution in [0.15, 0.2) is 0 Å². The smallest absolute Gasteiger partial charge is 0.233 e. The van der Waals surface area contributed by atoms with E-state index in [0.29, 0.717) is 24.7 Å². The first kappa shape index (κ1) is 14.6. The first-order valence-corrected chi connectivity index (χ1v) is 7.99. The van der Waals surface area contributed by atoms with Gasteiger partial charge >= 0.3 is 0 Å². The summed E-state index contributed by atoms with van der Waals surface area (Å²) in [6.45, 7) is 6.49. The standard InChI is InChI=1S/C13H21N3O2S/c1-2-15-5-3-11-12(9-15)18-7-6-16(11)13(17)10-19-8-4-14/h11-12H,2-3,5-10H2,1H3/t11-,12+/m0/s1. The number of nitriles is 1. The Morgan fingerprint density at radius 1 is 1.53 bits per heavy atom. The molecule has 2 heterocycles. The van der Waals surface area contributed by atoms with Gasteiger partial charge in [0.1, 0.15) is 0 Å². The molecule has 2 aliphatic heterocycles. The van der Waals surface area contributed by atoms with Crippen molar-refractivity contribution in [1.29, 1.82) is 5.26 Å². The van der Waals surface area contributed by atoms with Gasteiger partial charge < -0.3 is 14.5 Å². The van der Waals surface area contributed by atoms with Gasteiger partial charge in [0.2, 0.25) is 5.91 Å². The number of ether oxygens (including phenoxy) is 1. The number of likely N-dealkylation sites (tertiary alicyclic amines) is 1. The number of carbonyl (C=O) groups excluding carboxylic acids is 1. The molecule has 2 aliphatic rings. The molecule has 0 aromatic rings. The van der Waals surface area contributed by atoms with Crippen molar-refractivity contribution in [3.63, 3.8) is 0 Å². The minimum atomic E-state index is 0.156. The lowest BCUT2D eigenvalue weighted by Gasteiger charge is -2.46. The minimum Gasteiger partial charge on any atom is -0.373 e. The molecule has 0 aliphatic carbocycles.